The van der Waals surface area contributed by atoms with Crippen molar-refractivity contribution in [2.75, 3.05) is 11.4 Å². The van der Waals surface area contributed by atoms with E-state index in [0.717, 1.165) is 29.7 Å². The summed E-state index contributed by atoms with van der Waals surface area (Å²) in [5.41, 5.74) is 3.84. The highest BCUT2D eigenvalue weighted by molar-refractivity contribution is 5.98. The summed E-state index contributed by atoms with van der Waals surface area (Å²) < 4.78 is 0. The zero-order valence-electron chi connectivity index (χ0n) is 15.7. The third-order valence-corrected chi connectivity index (χ3v) is 5.18. The Labute approximate surface area is 155 Å². The topological polar surface area (TPSA) is 40.6 Å². The van der Waals surface area contributed by atoms with Gasteiger partial charge in [0.2, 0.25) is 5.91 Å². The Morgan fingerprint density at radius 3 is 2.54 bits per heavy atom. The molecular formula is C22H26N2O2. The van der Waals surface area contributed by atoms with Gasteiger partial charge < -0.3 is 9.80 Å². The molecule has 1 aliphatic rings. The van der Waals surface area contributed by atoms with Crippen LogP contribution in [0.5, 0.6) is 0 Å². The number of anilines is 1. The minimum absolute atomic E-state index is 0.0484. The van der Waals surface area contributed by atoms with Gasteiger partial charge in [-0.15, -0.1) is 0 Å². The van der Waals surface area contributed by atoms with Gasteiger partial charge >= 0.3 is 0 Å². The lowest BCUT2D eigenvalue weighted by Crippen LogP contribution is -2.37. The number of rotatable bonds is 5. The maximum atomic E-state index is 13.2. The van der Waals surface area contributed by atoms with Crippen molar-refractivity contribution in [1.29, 1.82) is 0 Å². The lowest BCUT2D eigenvalue weighted by molar-refractivity contribution is -0.116. The molecule has 0 aliphatic carbocycles. The molecule has 0 saturated carbocycles. The van der Waals surface area contributed by atoms with Crippen LogP contribution in [0, 0.1) is 0 Å². The van der Waals surface area contributed by atoms with Crippen LogP contribution in [0.15, 0.2) is 48.5 Å². The van der Waals surface area contributed by atoms with Crippen LogP contribution >= 0.6 is 0 Å². The van der Waals surface area contributed by atoms with Crippen molar-refractivity contribution >= 4 is 17.5 Å². The van der Waals surface area contributed by atoms with Crippen molar-refractivity contribution in [3.63, 3.8) is 0 Å². The average Bonchev–Trinajstić information content (AvgIpc) is 3.09. The van der Waals surface area contributed by atoms with Crippen molar-refractivity contribution in [2.45, 2.75) is 46.2 Å². The van der Waals surface area contributed by atoms with Crippen molar-refractivity contribution in [1.82, 2.24) is 4.90 Å². The summed E-state index contributed by atoms with van der Waals surface area (Å²) in [6, 6.07) is 16.0. The largest absolute Gasteiger partial charge is 0.332 e. The molecular weight excluding hydrogens is 324 g/mol. The zero-order chi connectivity index (χ0) is 18.7. The van der Waals surface area contributed by atoms with Crippen LogP contribution in [0.4, 0.5) is 5.69 Å². The van der Waals surface area contributed by atoms with Gasteiger partial charge in [0.25, 0.3) is 5.91 Å². The van der Waals surface area contributed by atoms with Crippen molar-refractivity contribution in [2.24, 2.45) is 0 Å². The third kappa shape index (κ3) is 3.64. The summed E-state index contributed by atoms with van der Waals surface area (Å²) in [4.78, 5) is 28.6. The summed E-state index contributed by atoms with van der Waals surface area (Å²) in [7, 11) is 0. The summed E-state index contributed by atoms with van der Waals surface area (Å²) in [5, 5.41) is 0. The lowest BCUT2D eigenvalue weighted by Gasteiger charge is -2.29. The quantitative estimate of drug-likeness (QED) is 0.817. The molecule has 0 aromatic heterocycles. The molecule has 26 heavy (non-hydrogen) atoms. The van der Waals surface area contributed by atoms with Crippen molar-refractivity contribution in [3.05, 3.63) is 65.2 Å². The van der Waals surface area contributed by atoms with E-state index in [2.05, 4.69) is 26.0 Å². The Morgan fingerprint density at radius 1 is 1.15 bits per heavy atom. The summed E-state index contributed by atoms with van der Waals surface area (Å²) >= 11 is 0. The van der Waals surface area contributed by atoms with Gasteiger partial charge in [-0.3, -0.25) is 9.59 Å². The molecule has 2 aromatic carbocycles. The molecule has 4 heteroatoms. The van der Waals surface area contributed by atoms with Crippen LogP contribution < -0.4 is 4.90 Å². The Hall–Kier alpha value is -2.62. The fourth-order valence-corrected chi connectivity index (χ4v) is 3.46. The van der Waals surface area contributed by atoms with Crippen molar-refractivity contribution in [3.8, 4) is 0 Å². The highest BCUT2D eigenvalue weighted by Gasteiger charge is 2.25. The summed E-state index contributed by atoms with van der Waals surface area (Å²) in [6.07, 6.45) is 1.71. The number of fused-ring (bicyclic) bond motifs is 1. The molecule has 0 fully saturated rings. The van der Waals surface area contributed by atoms with E-state index in [4.69, 9.17) is 0 Å². The molecule has 0 saturated heterocycles. The Kier molecular flexibility index (Phi) is 5.40. The molecule has 4 nitrogen and oxygen atoms in total. The number of benzene rings is 2. The predicted molar refractivity (Wildman–Crippen MR) is 104 cm³/mol. The third-order valence-electron chi connectivity index (χ3n) is 5.18. The molecule has 2 amide bonds. The van der Waals surface area contributed by atoms with E-state index in [0.29, 0.717) is 18.7 Å². The van der Waals surface area contributed by atoms with E-state index in [1.165, 1.54) is 0 Å². The number of carbonyl (C=O) groups is 2. The van der Waals surface area contributed by atoms with E-state index < -0.39 is 0 Å². The molecule has 136 valence electrons. The molecule has 0 radical (unpaired) electrons. The van der Waals surface area contributed by atoms with Gasteiger partial charge in [-0.1, -0.05) is 37.3 Å². The van der Waals surface area contributed by atoms with Crippen LogP contribution in [0.3, 0.4) is 0 Å². The highest BCUT2D eigenvalue weighted by atomic mass is 16.2. The SMILES string of the molecule is CCC(C)N(Cc1ccccc1)C(=O)c1ccc2c(c1)CCN2C(C)=O. The molecule has 0 N–H and O–H groups in total. The second-order valence-corrected chi connectivity index (χ2v) is 6.94. The smallest absolute Gasteiger partial charge is 0.254 e. The van der Waals surface area contributed by atoms with E-state index in [-0.39, 0.29) is 17.9 Å². The van der Waals surface area contributed by atoms with Gasteiger partial charge in [-0.05, 0) is 49.1 Å². The second-order valence-electron chi connectivity index (χ2n) is 6.94. The van der Waals surface area contributed by atoms with Gasteiger partial charge in [0.1, 0.15) is 0 Å². The number of hydrogen-bond acceptors (Lipinski definition) is 2. The fraction of sp³-hybridized carbons (Fsp3) is 0.364. The number of amides is 2. The molecule has 1 atom stereocenters. The highest BCUT2D eigenvalue weighted by Crippen LogP contribution is 2.29. The van der Waals surface area contributed by atoms with Gasteiger partial charge in [0, 0.05) is 37.3 Å². The molecule has 1 heterocycles. The van der Waals surface area contributed by atoms with E-state index in [1.54, 1.807) is 11.8 Å². The molecule has 1 aliphatic heterocycles. The molecule has 3 rings (SSSR count). The van der Waals surface area contributed by atoms with Crippen LogP contribution in [0.1, 0.15) is 48.7 Å². The first-order chi connectivity index (χ1) is 12.5. The predicted octanol–water partition coefficient (Wildman–Crippen LogP) is 4.04. The Bertz CT molecular complexity index is 801. The van der Waals surface area contributed by atoms with E-state index in [9.17, 15) is 9.59 Å². The first-order valence-corrected chi connectivity index (χ1v) is 9.27. The van der Waals surface area contributed by atoms with Crippen LogP contribution in [-0.2, 0) is 17.8 Å². The number of hydrogen-bond donors (Lipinski definition) is 0. The molecule has 1 unspecified atom stereocenters. The first-order valence-electron chi connectivity index (χ1n) is 9.27. The van der Waals surface area contributed by atoms with Crippen molar-refractivity contribution < 1.29 is 9.59 Å². The lowest BCUT2D eigenvalue weighted by atomic mass is 10.1. The number of carbonyl (C=O) groups excluding carboxylic acids is 2. The number of nitrogens with zero attached hydrogens (tertiary/aromatic N) is 2. The summed E-state index contributed by atoms with van der Waals surface area (Å²) in [5.74, 6) is 0.0976. The van der Waals surface area contributed by atoms with Crippen LogP contribution in [0.2, 0.25) is 0 Å². The molecule has 0 spiro atoms. The second kappa shape index (κ2) is 7.73. The maximum absolute atomic E-state index is 13.2. The van der Waals surface area contributed by atoms with Crippen LogP contribution in [-0.4, -0.2) is 29.3 Å². The zero-order valence-corrected chi connectivity index (χ0v) is 15.7. The van der Waals surface area contributed by atoms with Gasteiger partial charge in [0.15, 0.2) is 0 Å². The van der Waals surface area contributed by atoms with Gasteiger partial charge in [0.05, 0.1) is 0 Å². The minimum Gasteiger partial charge on any atom is -0.332 e. The van der Waals surface area contributed by atoms with Gasteiger partial charge in [-0.25, -0.2) is 0 Å². The Balaban J connectivity index is 1.86. The maximum Gasteiger partial charge on any atom is 0.254 e. The average molecular weight is 350 g/mol. The van der Waals surface area contributed by atoms with E-state index in [1.807, 2.05) is 41.3 Å². The molecule has 0 bridgehead atoms. The van der Waals surface area contributed by atoms with Crippen LogP contribution in [0.25, 0.3) is 0 Å². The molecule has 2 aromatic rings. The minimum atomic E-state index is 0.0484. The van der Waals surface area contributed by atoms with Gasteiger partial charge in [-0.2, -0.15) is 0 Å². The normalized spacial score (nSPS) is 14.0. The monoisotopic (exact) mass is 350 g/mol. The standard InChI is InChI=1S/C22H26N2O2/c1-4-16(2)24(15-18-8-6-5-7-9-18)22(26)20-10-11-21-19(14-20)12-13-23(21)17(3)25/h5-11,14,16H,4,12-13,15H2,1-3H3. The summed E-state index contributed by atoms with van der Waals surface area (Å²) in [6.45, 7) is 7.07. The fourth-order valence-electron chi connectivity index (χ4n) is 3.46. The first kappa shape index (κ1) is 18.2. The van der Waals surface area contributed by atoms with E-state index >= 15 is 0 Å². The Morgan fingerprint density at radius 2 is 1.88 bits per heavy atom.